The third-order valence-electron chi connectivity index (χ3n) is 4.04. The van der Waals surface area contributed by atoms with E-state index in [0.717, 1.165) is 13.1 Å². The molecule has 0 aliphatic carbocycles. The van der Waals surface area contributed by atoms with Crippen molar-refractivity contribution < 1.29 is 14.3 Å². The van der Waals surface area contributed by atoms with E-state index in [-0.39, 0.29) is 12.0 Å². The Balaban J connectivity index is 1.55. The van der Waals surface area contributed by atoms with Gasteiger partial charge in [0, 0.05) is 26.2 Å². The lowest BCUT2D eigenvalue weighted by Gasteiger charge is -2.35. The quantitative estimate of drug-likeness (QED) is 0.830. The first-order valence-electron chi connectivity index (χ1n) is 7.57. The number of rotatable bonds is 3. The largest absolute Gasteiger partial charge is 0.378 e. The van der Waals surface area contributed by atoms with Crippen LogP contribution in [0.1, 0.15) is 11.7 Å². The molecule has 5 nitrogen and oxygen atoms in total. The van der Waals surface area contributed by atoms with Gasteiger partial charge in [0.1, 0.15) is 0 Å². The Labute approximate surface area is 125 Å². The van der Waals surface area contributed by atoms with Crippen LogP contribution in [0, 0.1) is 0 Å². The number of amides is 1. The highest BCUT2D eigenvalue weighted by Crippen LogP contribution is 2.21. The number of hydrogen-bond donors (Lipinski definition) is 0. The molecule has 1 aromatic carbocycles. The Morgan fingerprint density at radius 3 is 2.62 bits per heavy atom. The molecule has 114 valence electrons. The molecule has 2 saturated heterocycles. The van der Waals surface area contributed by atoms with Crippen LogP contribution in [0.4, 0.5) is 0 Å². The summed E-state index contributed by atoms with van der Waals surface area (Å²) in [5.41, 5.74) is 1.18. The van der Waals surface area contributed by atoms with Gasteiger partial charge in [0.05, 0.1) is 32.5 Å². The fourth-order valence-electron chi connectivity index (χ4n) is 2.82. The molecule has 0 N–H and O–H groups in total. The summed E-state index contributed by atoms with van der Waals surface area (Å²) in [4.78, 5) is 16.4. The van der Waals surface area contributed by atoms with Gasteiger partial charge >= 0.3 is 0 Å². The van der Waals surface area contributed by atoms with E-state index >= 15 is 0 Å². The highest BCUT2D eigenvalue weighted by atomic mass is 16.5. The van der Waals surface area contributed by atoms with Crippen molar-refractivity contribution in [1.29, 1.82) is 0 Å². The van der Waals surface area contributed by atoms with Crippen LogP contribution in [0.5, 0.6) is 0 Å². The van der Waals surface area contributed by atoms with Crippen LogP contribution < -0.4 is 0 Å². The molecule has 0 spiro atoms. The predicted molar refractivity (Wildman–Crippen MR) is 79.0 cm³/mol. The molecule has 0 saturated carbocycles. The molecule has 0 bridgehead atoms. The number of morpholine rings is 2. The first-order chi connectivity index (χ1) is 10.3. The molecule has 3 rings (SSSR count). The molecule has 2 aliphatic heterocycles. The van der Waals surface area contributed by atoms with E-state index in [1.807, 2.05) is 23.1 Å². The van der Waals surface area contributed by atoms with Gasteiger partial charge in [-0.1, -0.05) is 30.3 Å². The van der Waals surface area contributed by atoms with Gasteiger partial charge < -0.3 is 14.4 Å². The number of carbonyl (C=O) groups excluding carboxylic acids is 1. The highest BCUT2D eigenvalue weighted by molar-refractivity contribution is 5.78. The van der Waals surface area contributed by atoms with Crippen molar-refractivity contribution in [3.8, 4) is 0 Å². The van der Waals surface area contributed by atoms with Gasteiger partial charge in [-0.05, 0) is 5.56 Å². The van der Waals surface area contributed by atoms with Gasteiger partial charge in [-0.2, -0.15) is 0 Å². The van der Waals surface area contributed by atoms with E-state index < -0.39 is 0 Å². The second-order valence-corrected chi connectivity index (χ2v) is 5.50. The fraction of sp³-hybridized carbons (Fsp3) is 0.562. The lowest BCUT2D eigenvalue weighted by molar-refractivity contribution is -0.138. The number of nitrogens with zero attached hydrogens (tertiary/aromatic N) is 2. The van der Waals surface area contributed by atoms with Crippen molar-refractivity contribution in [2.24, 2.45) is 0 Å². The van der Waals surface area contributed by atoms with Crippen LogP contribution in [-0.4, -0.2) is 68.3 Å². The van der Waals surface area contributed by atoms with Crippen molar-refractivity contribution in [2.45, 2.75) is 6.10 Å². The summed E-state index contributed by atoms with van der Waals surface area (Å²) in [6.07, 6.45) is 0.0671. The summed E-state index contributed by atoms with van der Waals surface area (Å²) in [6.45, 7) is 5.49. The van der Waals surface area contributed by atoms with Crippen molar-refractivity contribution in [3.63, 3.8) is 0 Å². The minimum atomic E-state index is 0.0671. The minimum absolute atomic E-state index is 0.0671. The van der Waals surface area contributed by atoms with Gasteiger partial charge in [0.2, 0.25) is 5.91 Å². The molecule has 2 aliphatic rings. The average molecular weight is 290 g/mol. The lowest BCUT2D eigenvalue weighted by Crippen LogP contribution is -2.48. The average Bonchev–Trinajstić information content (AvgIpc) is 2.57. The van der Waals surface area contributed by atoms with Crippen LogP contribution in [-0.2, 0) is 14.3 Å². The molecular weight excluding hydrogens is 268 g/mol. The third-order valence-corrected chi connectivity index (χ3v) is 4.04. The van der Waals surface area contributed by atoms with E-state index in [0.29, 0.717) is 39.5 Å². The molecule has 0 unspecified atom stereocenters. The first kappa shape index (κ1) is 14.5. The van der Waals surface area contributed by atoms with Crippen molar-refractivity contribution in [2.75, 3.05) is 52.5 Å². The van der Waals surface area contributed by atoms with Gasteiger partial charge in [-0.3, -0.25) is 9.69 Å². The van der Waals surface area contributed by atoms with Crippen LogP contribution in [0.15, 0.2) is 30.3 Å². The van der Waals surface area contributed by atoms with Crippen LogP contribution in [0.25, 0.3) is 0 Å². The van der Waals surface area contributed by atoms with Crippen LogP contribution >= 0.6 is 0 Å². The fourth-order valence-corrected chi connectivity index (χ4v) is 2.82. The maximum absolute atomic E-state index is 12.3. The van der Waals surface area contributed by atoms with Crippen molar-refractivity contribution in [3.05, 3.63) is 35.9 Å². The summed E-state index contributed by atoms with van der Waals surface area (Å²) in [6, 6.07) is 10.2. The Morgan fingerprint density at radius 2 is 1.86 bits per heavy atom. The summed E-state index contributed by atoms with van der Waals surface area (Å²) in [7, 11) is 0. The zero-order chi connectivity index (χ0) is 14.5. The molecule has 0 aromatic heterocycles. The van der Waals surface area contributed by atoms with E-state index in [2.05, 4.69) is 17.0 Å². The smallest absolute Gasteiger partial charge is 0.236 e. The van der Waals surface area contributed by atoms with E-state index in [9.17, 15) is 4.79 Å². The molecule has 21 heavy (non-hydrogen) atoms. The van der Waals surface area contributed by atoms with Crippen molar-refractivity contribution in [1.82, 2.24) is 9.80 Å². The van der Waals surface area contributed by atoms with E-state index in [4.69, 9.17) is 9.47 Å². The highest BCUT2D eigenvalue weighted by Gasteiger charge is 2.25. The Bertz CT molecular complexity index is 460. The Morgan fingerprint density at radius 1 is 1.10 bits per heavy atom. The molecular formula is C16H22N2O3. The molecule has 1 atom stereocenters. The molecule has 0 radical (unpaired) electrons. The zero-order valence-electron chi connectivity index (χ0n) is 12.2. The molecule has 2 heterocycles. The Hall–Kier alpha value is -1.43. The lowest BCUT2D eigenvalue weighted by atomic mass is 10.1. The summed E-state index contributed by atoms with van der Waals surface area (Å²) >= 11 is 0. The van der Waals surface area contributed by atoms with Gasteiger partial charge in [0.15, 0.2) is 0 Å². The summed E-state index contributed by atoms with van der Waals surface area (Å²) in [5, 5.41) is 0. The van der Waals surface area contributed by atoms with E-state index in [1.54, 1.807) is 0 Å². The predicted octanol–water partition coefficient (Wildman–Crippen LogP) is 0.919. The SMILES string of the molecule is O=C(CN1CCO[C@@H](c2ccccc2)C1)N1CCOCC1. The monoisotopic (exact) mass is 290 g/mol. The maximum Gasteiger partial charge on any atom is 0.236 e. The van der Waals surface area contributed by atoms with Gasteiger partial charge in [0.25, 0.3) is 0 Å². The normalized spacial score (nSPS) is 24.0. The zero-order valence-corrected chi connectivity index (χ0v) is 12.2. The number of benzene rings is 1. The molecule has 5 heteroatoms. The minimum Gasteiger partial charge on any atom is -0.378 e. The maximum atomic E-state index is 12.3. The van der Waals surface area contributed by atoms with E-state index in [1.165, 1.54) is 5.56 Å². The third kappa shape index (κ3) is 3.81. The number of hydrogen-bond acceptors (Lipinski definition) is 4. The van der Waals surface area contributed by atoms with Crippen LogP contribution in [0.2, 0.25) is 0 Å². The Kier molecular flexibility index (Phi) is 4.85. The number of carbonyl (C=O) groups is 1. The second kappa shape index (κ2) is 7.02. The second-order valence-electron chi connectivity index (χ2n) is 5.50. The van der Waals surface area contributed by atoms with Crippen LogP contribution in [0.3, 0.4) is 0 Å². The van der Waals surface area contributed by atoms with Gasteiger partial charge in [-0.15, -0.1) is 0 Å². The summed E-state index contributed by atoms with van der Waals surface area (Å²) < 4.78 is 11.1. The topological polar surface area (TPSA) is 42.0 Å². The first-order valence-corrected chi connectivity index (χ1v) is 7.57. The molecule has 1 amide bonds. The van der Waals surface area contributed by atoms with Gasteiger partial charge in [-0.25, -0.2) is 0 Å². The van der Waals surface area contributed by atoms with Crippen molar-refractivity contribution >= 4 is 5.91 Å². The standard InChI is InChI=1S/C16H22N2O3/c19-16(18-7-9-20-10-8-18)13-17-6-11-21-15(12-17)14-4-2-1-3-5-14/h1-5,15H,6-13H2/t15-/m1/s1. The number of ether oxygens (including phenoxy) is 2. The molecule has 2 fully saturated rings. The summed E-state index contributed by atoms with van der Waals surface area (Å²) in [5.74, 6) is 0.201. The molecule has 1 aromatic rings.